The average molecular weight is 572 g/mol. The van der Waals surface area contributed by atoms with E-state index in [4.69, 9.17) is 0 Å². The Morgan fingerprint density at radius 1 is 0.825 bits per heavy atom. The molecule has 7 atom stereocenters. The minimum absolute atomic E-state index is 0.0262. The number of hydrogen-bond donors (Lipinski definition) is 1. The number of urea groups is 1. The molecule has 5 saturated carbocycles. The van der Waals surface area contributed by atoms with Crippen LogP contribution in [0, 0.1) is 34.5 Å². The second kappa shape index (κ2) is 11.4. The Balaban J connectivity index is 1.19. The summed E-state index contributed by atoms with van der Waals surface area (Å²) < 4.78 is 3.18. The maximum absolute atomic E-state index is 14.5. The number of nitrogens with zero attached hydrogens (tertiary/aromatic N) is 2. The van der Waals surface area contributed by atoms with Crippen molar-refractivity contribution in [2.45, 2.75) is 147 Å². The standard InChI is InChI=1S/C33H53N3O3S/c1-32-20-18-26-24(14-17-28-33(26,2)21-19-29(37)35(28)3)25(32)15-16-27(32)30(38)36(22-10-6-4-7-11-22)31(39)34-40-23-12-8-5-9-13-23/h22-28H,4-21H2,1-3H3,(H,34,39)/t24-,25-,26-,27+,28+,32-,33+/m0/s1. The molecule has 6 rings (SSSR count). The van der Waals surface area contributed by atoms with E-state index >= 15 is 0 Å². The highest BCUT2D eigenvalue weighted by Crippen LogP contribution is 2.66. The predicted molar refractivity (Wildman–Crippen MR) is 160 cm³/mol. The fraction of sp³-hybridized carbons (Fsp3) is 0.909. The highest BCUT2D eigenvalue weighted by molar-refractivity contribution is 7.98. The van der Waals surface area contributed by atoms with E-state index in [9.17, 15) is 14.4 Å². The third kappa shape index (κ3) is 4.92. The van der Waals surface area contributed by atoms with Crippen molar-refractivity contribution in [2.24, 2.45) is 34.5 Å². The molecule has 0 unspecified atom stereocenters. The maximum atomic E-state index is 14.5. The number of nitrogens with one attached hydrogen (secondary N) is 1. The molecule has 1 N–H and O–H groups in total. The van der Waals surface area contributed by atoms with Crippen LogP contribution in [0.1, 0.15) is 129 Å². The van der Waals surface area contributed by atoms with Gasteiger partial charge in [0, 0.05) is 36.7 Å². The number of carbonyl (C=O) groups excluding carboxylic acids is 3. The molecular formula is C33H53N3O3S. The summed E-state index contributed by atoms with van der Waals surface area (Å²) >= 11 is 1.58. The Labute approximate surface area is 246 Å². The zero-order chi connectivity index (χ0) is 28.1. The van der Waals surface area contributed by atoms with Crippen LogP contribution in [-0.2, 0) is 9.59 Å². The minimum Gasteiger partial charge on any atom is -0.342 e. The zero-order valence-electron chi connectivity index (χ0n) is 25.3. The normalized spacial score (nSPS) is 40.6. The monoisotopic (exact) mass is 571 g/mol. The van der Waals surface area contributed by atoms with Gasteiger partial charge < -0.3 is 4.90 Å². The largest absolute Gasteiger partial charge is 0.342 e. The third-order valence-electron chi connectivity index (χ3n) is 13.1. The van der Waals surface area contributed by atoms with Gasteiger partial charge in [0.25, 0.3) is 0 Å². The molecule has 5 aliphatic carbocycles. The van der Waals surface area contributed by atoms with Crippen molar-refractivity contribution in [3.8, 4) is 0 Å². The summed E-state index contributed by atoms with van der Waals surface area (Å²) in [4.78, 5) is 44.7. The summed E-state index contributed by atoms with van der Waals surface area (Å²) in [5.41, 5.74) is 0.168. The number of fused-ring (bicyclic) bond motifs is 5. The quantitative estimate of drug-likeness (QED) is 0.359. The van der Waals surface area contributed by atoms with Crippen LogP contribution < -0.4 is 4.72 Å². The Morgan fingerprint density at radius 2 is 1.50 bits per heavy atom. The molecule has 6 nitrogen and oxygen atoms in total. The molecule has 0 radical (unpaired) electrons. The van der Waals surface area contributed by atoms with E-state index in [2.05, 4.69) is 23.5 Å². The van der Waals surface area contributed by atoms with E-state index in [1.165, 1.54) is 32.1 Å². The average Bonchev–Trinajstić information content (AvgIpc) is 3.33. The summed E-state index contributed by atoms with van der Waals surface area (Å²) in [5, 5.41) is 0.482. The molecule has 1 heterocycles. The van der Waals surface area contributed by atoms with Crippen molar-refractivity contribution in [1.82, 2.24) is 14.5 Å². The first-order chi connectivity index (χ1) is 19.2. The van der Waals surface area contributed by atoms with Gasteiger partial charge in [0.05, 0.1) is 0 Å². The lowest BCUT2D eigenvalue weighted by atomic mass is 9.47. The first-order valence-electron chi connectivity index (χ1n) is 16.8. The minimum atomic E-state index is -0.142. The molecule has 7 heteroatoms. The number of carbonyl (C=O) groups is 3. The molecule has 1 aliphatic heterocycles. The highest BCUT2D eigenvalue weighted by Gasteiger charge is 2.62. The van der Waals surface area contributed by atoms with Crippen molar-refractivity contribution >= 4 is 29.8 Å². The lowest BCUT2D eigenvalue weighted by Gasteiger charge is -2.61. The first kappa shape index (κ1) is 28.9. The topological polar surface area (TPSA) is 69.7 Å². The van der Waals surface area contributed by atoms with Crippen LogP contribution in [0.15, 0.2) is 0 Å². The smallest absolute Gasteiger partial charge is 0.334 e. The highest BCUT2D eigenvalue weighted by atomic mass is 32.2. The molecule has 1 saturated heterocycles. The van der Waals surface area contributed by atoms with Crippen molar-refractivity contribution in [1.29, 1.82) is 0 Å². The van der Waals surface area contributed by atoms with Gasteiger partial charge in [0.15, 0.2) is 0 Å². The summed E-state index contributed by atoms with van der Waals surface area (Å²) in [7, 11) is 2.03. The summed E-state index contributed by atoms with van der Waals surface area (Å²) in [6, 6.07) is 0.276. The van der Waals surface area contributed by atoms with E-state index in [-0.39, 0.29) is 34.7 Å². The maximum Gasteiger partial charge on any atom is 0.334 e. The zero-order valence-corrected chi connectivity index (χ0v) is 26.1. The van der Waals surface area contributed by atoms with Crippen LogP contribution in [0.5, 0.6) is 0 Å². The van der Waals surface area contributed by atoms with E-state index < -0.39 is 0 Å². The predicted octanol–water partition coefficient (Wildman–Crippen LogP) is 7.32. The second-order valence-corrected chi connectivity index (χ2v) is 16.0. The number of imide groups is 1. The van der Waals surface area contributed by atoms with Crippen molar-refractivity contribution in [3.63, 3.8) is 0 Å². The number of hydrogen-bond acceptors (Lipinski definition) is 4. The SMILES string of the molecule is CN1C(=O)CC[C@]2(C)[C@H]3CC[C@]4(C)[C@@H](C(=O)N(C(=O)NSC5CCCCC5)C5CCCCC5)CC[C@H]4[C@@H]3CC[C@@H]12. The van der Waals surface area contributed by atoms with E-state index in [0.29, 0.717) is 41.4 Å². The number of likely N-dealkylation sites (tertiary alicyclic amines) is 1. The van der Waals surface area contributed by atoms with E-state index in [1.54, 1.807) is 16.8 Å². The summed E-state index contributed by atoms with van der Waals surface area (Å²) in [6.45, 7) is 4.87. The molecule has 0 aromatic heterocycles. The molecular weight excluding hydrogens is 518 g/mol. The van der Waals surface area contributed by atoms with Gasteiger partial charge in [-0.1, -0.05) is 52.4 Å². The van der Waals surface area contributed by atoms with Crippen LogP contribution in [0.3, 0.4) is 0 Å². The van der Waals surface area contributed by atoms with E-state index in [1.807, 2.05) is 7.05 Å². The van der Waals surface area contributed by atoms with Crippen molar-refractivity contribution in [3.05, 3.63) is 0 Å². The Kier molecular flexibility index (Phi) is 8.26. The Morgan fingerprint density at radius 3 is 2.23 bits per heavy atom. The number of rotatable bonds is 4. The third-order valence-corrected chi connectivity index (χ3v) is 14.2. The van der Waals surface area contributed by atoms with Crippen LogP contribution in [0.4, 0.5) is 4.79 Å². The van der Waals surface area contributed by atoms with Gasteiger partial charge in [-0.2, -0.15) is 0 Å². The number of piperidine rings is 1. The van der Waals surface area contributed by atoms with Crippen LogP contribution >= 0.6 is 11.9 Å². The molecule has 0 aromatic rings. The van der Waals surface area contributed by atoms with Gasteiger partial charge >= 0.3 is 6.03 Å². The van der Waals surface area contributed by atoms with Gasteiger partial charge in [-0.15, -0.1) is 0 Å². The van der Waals surface area contributed by atoms with Crippen LogP contribution in [0.2, 0.25) is 0 Å². The van der Waals surface area contributed by atoms with Crippen LogP contribution in [-0.4, -0.2) is 52.0 Å². The lowest BCUT2D eigenvalue weighted by molar-refractivity contribution is -0.161. The molecule has 40 heavy (non-hydrogen) atoms. The molecule has 0 spiro atoms. The lowest BCUT2D eigenvalue weighted by Crippen LogP contribution is -2.61. The second-order valence-electron chi connectivity index (χ2n) is 14.9. The summed E-state index contributed by atoms with van der Waals surface area (Å²) in [5.74, 6) is 2.22. The van der Waals surface area contributed by atoms with Crippen molar-refractivity contribution in [2.75, 3.05) is 7.05 Å². The first-order valence-corrected chi connectivity index (χ1v) is 17.7. The Hall–Kier alpha value is -1.24. The van der Waals surface area contributed by atoms with Gasteiger partial charge in [-0.05, 0) is 111 Å². The fourth-order valence-corrected chi connectivity index (χ4v) is 11.8. The molecule has 4 amide bonds. The van der Waals surface area contributed by atoms with Crippen LogP contribution in [0.25, 0.3) is 0 Å². The number of amides is 4. The Bertz CT molecular complexity index is 978. The molecule has 0 aromatic carbocycles. The molecule has 6 aliphatic rings. The van der Waals surface area contributed by atoms with E-state index in [0.717, 1.165) is 77.0 Å². The van der Waals surface area contributed by atoms with Gasteiger partial charge in [0.2, 0.25) is 11.8 Å². The molecule has 6 fully saturated rings. The molecule has 224 valence electrons. The summed E-state index contributed by atoms with van der Waals surface area (Å²) in [6.07, 6.45) is 19.7. The fourth-order valence-electron chi connectivity index (χ4n) is 10.9. The van der Waals surface area contributed by atoms with Gasteiger partial charge in [-0.25, -0.2) is 4.79 Å². The van der Waals surface area contributed by atoms with Gasteiger partial charge in [-0.3, -0.25) is 19.2 Å². The van der Waals surface area contributed by atoms with Crippen molar-refractivity contribution < 1.29 is 14.4 Å². The van der Waals surface area contributed by atoms with Gasteiger partial charge in [0.1, 0.15) is 0 Å². The molecule has 0 bridgehead atoms.